The molecule has 1 aromatic carbocycles. The van der Waals surface area contributed by atoms with E-state index in [1.807, 2.05) is 5.32 Å². The fraction of sp³-hybridized carbons (Fsp3) is 0.286. The molecular formula is C14H12ClF3N4O3. The zero-order valence-electron chi connectivity index (χ0n) is 12.7. The summed E-state index contributed by atoms with van der Waals surface area (Å²) in [6.45, 7) is 1.45. The fourth-order valence-electron chi connectivity index (χ4n) is 2.03. The van der Waals surface area contributed by atoms with Crippen LogP contribution in [0.5, 0.6) is 0 Å². The number of aromatic nitrogens is 3. The highest BCUT2D eigenvalue weighted by Crippen LogP contribution is 2.20. The first-order chi connectivity index (χ1) is 11.7. The first-order valence-corrected chi connectivity index (χ1v) is 7.28. The molecule has 1 heterocycles. The number of amides is 1. The van der Waals surface area contributed by atoms with Crippen molar-refractivity contribution in [1.82, 2.24) is 20.3 Å². The van der Waals surface area contributed by atoms with Crippen molar-refractivity contribution in [3.05, 3.63) is 40.4 Å². The summed E-state index contributed by atoms with van der Waals surface area (Å²) in [6.07, 6.45) is -3.94. The Morgan fingerprint density at radius 2 is 2.08 bits per heavy atom. The van der Waals surface area contributed by atoms with Crippen LogP contribution >= 0.6 is 11.6 Å². The van der Waals surface area contributed by atoms with Gasteiger partial charge < -0.3 is 10.4 Å². The Morgan fingerprint density at radius 1 is 1.40 bits per heavy atom. The number of hydrogen-bond donors (Lipinski definition) is 2. The summed E-state index contributed by atoms with van der Waals surface area (Å²) in [5, 5.41) is 18.0. The maximum absolute atomic E-state index is 13.2. The fourth-order valence-corrected chi connectivity index (χ4v) is 2.20. The highest BCUT2D eigenvalue weighted by molar-refractivity contribution is 6.30. The molecule has 0 aliphatic rings. The summed E-state index contributed by atoms with van der Waals surface area (Å²) in [4.78, 5) is 23.0. The van der Waals surface area contributed by atoms with Gasteiger partial charge in [0.15, 0.2) is 5.69 Å². The number of nitrogens with zero attached hydrogens (tertiary/aromatic N) is 3. The Morgan fingerprint density at radius 3 is 2.64 bits per heavy atom. The first kappa shape index (κ1) is 18.7. The van der Waals surface area contributed by atoms with Gasteiger partial charge in [-0.3, -0.25) is 4.79 Å². The van der Waals surface area contributed by atoms with E-state index in [1.54, 1.807) is 0 Å². The van der Waals surface area contributed by atoms with E-state index in [1.165, 1.54) is 23.7 Å². The van der Waals surface area contributed by atoms with E-state index >= 15 is 0 Å². The number of benzene rings is 1. The van der Waals surface area contributed by atoms with Crippen molar-refractivity contribution < 1.29 is 27.9 Å². The second kappa shape index (κ2) is 7.51. The van der Waals surface area contributed by atoms with Gasteiger partial charge in [0, 0.05) is 6.42 Å². The highest BCUT2D eigenvalue weighted by Gasteiger charge is 2.27. The number of carbonyl (C=O) groups excluding carboxylic acids is 1. The molecule has 134 valence electrons. The molecule has 0 saturated carbocycles. The molecule has 2 N–H and O–H groups in total. The van der Waals surface area contributed by atoms with Crippen molar-refractivity contribution in [3.63, 3.8) is 0 Å². The van der Waals surface area contributed by atoms with Crippen molar-refractivity contribution >= 4 is 23.5 Å². The Balaban J connectivity index is 2.26. The third-order valence-electron chi connectivity index (χ3n) is 3.27. The third kappa shape index (κ3) is 4.27. The average molecular weight is 377 g/mol. The molecule has 0 bridgehead atoms. The summed E-state index contributed by atoms with van der Waals surface area (Å²) in [6, 6.07) is 1.94. The van der Waals surface area contributed by atoms with E-state index in [4.69, 9.17) is 16.7 Å². The van der Waals surface area contributed by atoms with E-state index < -0.39 is 36.6 Å². The van der Waals surface area contributed by atoms with E-state index in [9.17, 15) is 22.8 Å². The van der Waals surface area contributed by atoms with Crippen molar-refractivity contribution in [3.8, 4) is 5.69 Å². The van der Waals surface area contributed by atoms with Crippen LogP contribution in [0, 0.1) is 12.7 Å². The molecule has 2 rings (SSSR count). The van der Waals surface area contributed by atoms with E-state index in [0.717, 1.165) is 6.07 Å². The van der Waals surface area contributed by atoms with E-state index in [-0.39, 0.29) is 16.4 Å². The Hall–Kier alpha value is -2.62. The lowest BCUT2D eigenvalue weighted by Gasteiger charge is -2.13. The van der Waals surface area contributed by atoms with Crippen LogP contribution in [0.1, 0.15) is 22.6 Å². The van der Waals surface area contributed by atoms with Crippen LogP contribution in [0.25, 0.3) is 5.69 Å². The number of nitrogens with one attached hydrogen (secondary N) is 1. The lowest BCUT2D eigenvalue weighted by atomic mass is 10.2. The van der Waals surface area contributed by atoms with Gasteiger partial charge in [0.2, 0.25) is 6.43 Å². The molecule has 0 radical (unpaired) electrons. The Labute approximate surface area is 144 Å². The SMILES string of the molecule is Cc1c(C(=O)NC(CC(F)F)C(=O)O)nnn1-c1ccc(F)c(Cl)c1. The topological polar surface area (TPSA) is 97.1 Å². The zero-order valence-corrected chi connectivity index (χ0v) is 13.5. The van der Waals surface area contributed by atoms with Crippen LogP contribution in [-0.4, -0.2) is 44.4 Å². The maximum Gasteiger partial charge on any atom is 0.326 e. The molecule has 11 heteroatoms. The summed E-state index contributed by atoms with van der Waals surface area (Å²) in [5.74, 6) is -3.20. The van der Waals surface area contributed by atoms with Crippen molar-refractivity contribution in [2.24, 2.45) is 0 Å². The van der Waals surface area contributed by atoms with E-state index in [0.29, 0.717) is 5.69 Å². The van der Waals surface area contributed by atoms with Crippen molar-refractivity contribution in [2.45, 2.75) is 25.8 Å². The third-order valence-corrected chi connectivity index (χ3v) is 3.56. The normalized spacial score (nSPS) is 12.2. The molecule has 2 aromatic rings. The summed E-state index contributed by atoms with van der Waals surface area (Å²) in [7, 11) is 0. The molecule has 0 saturated heterocycles. The van der Waals surface area contributed by atoms with Crippen molar-refractivity contribution in [1.29, 1.82) is 0 Å². The van der Waals surface area contributed by atoms with Gasteiger partial charge >= 0.3 is 5.97 Å². The standard InChI is InChI=1S/C14H12ClF3N4O3/c1-6-12(13(23)19-10(14(24)25)5-11(17)18)20-21-22(6)7-2-3-9(16)8(15)4-7/h2-4,10-11H,5H2,1H3,(H,19,23)(H,24,25). The highest BCUT2D eigenvalue weighted by atomic mass is 35.5. The predicted octanol–water partition coefficient (Wildman–Crippen LogP) is 2.21. The van der Waals surface area contributed by atoms with Gasteiger partial charge in [-0.2, -0.15) is 0 Å². The lowest BCUT2D eigenvalue weighted by molar-refractivity contribution is -0.140. The van der Waals surface area contributed by atoms with Crippen LogP contribution in [0.15, 0.2) is 18.2 Å². The number of alkyl halides is 2. The monoisotopic (exact) mass is 376 g/mol. The number of carboxylic acids is 1. The number of rotatable bonds is 6. The van der Waals surface area contributed by atoms with Crippen LogP contribution in [0.2, 0.25) is 5.02 Å². The van der Waals surface area contributed by atoms with Crippen LogP contribution < -0.4 is 5.32 Å². The molecule has 0 fully saturated rings. The predicted molar refractivity (Wildman–Crippen MR) is 80.6 cm³/mol. The van der Waals surface area contributed by atoms with Crippen LogP contribution in [-0.2, 0) is 4.79 Å². The van der Waals surface area contributed by atoms with Crippen molar-refractivity contribution in [2.75, 3.05) is 0 Å². The Kier molecular flexibility index (Phi) is 5.62. The molecular weight excluding hydrogens is 365 g/mol. The molecule has 25 heavy (non-hydrogen) atoms. The quantitative estimate of drug-likeness (QED) is 0.805. The number of halogens is 4. The minimum absolute atomic E-state index is 0.165. The average Bonchev–Trinajstić information content (AvgIpc) is 2.90. The van der Waals surface area contributed by atoms with Crippen LogP contribution in [0.3, 0.4) is 0 Å². The molecule has 0 spiro atoms. The largest absolute Gasteiger partial charge is 0.480 e. The van der Waals surface area contributed by atoms with Gasteiger partial charge in [0.05, 0.1) is 16.4 Å². The summed E-state index contributed by atoms with van der Waals surface area (Å²) >= 11 is 5.69. The van der Waals surface area contributed by atoms with Gasteiger partial charge in [0.1, 0.15) is 11.9 Å². The van der Waals surface area contributed by atoms with Gasteiger partial charge in [-0.25, -0.2) is 22.6 Å². The molecule has 1 unspecified atom stereocenters. The molecule has 1 aromatic heterocycles. The molecule has 1 atom stereocenters. The van der Waals surface area contributed by atoms with E-state index in [2.05, 4.69) is 10.3 Å². The second-order valence-corrected chi connectivity index (χ2v) is 5.43. The van der Waals surface area contributed by atoms with Gasteiger partial charge in [0.25, 0.3) is 5.91 Å². The molecule has 0 aliphatic carbocycles. The summed E-state index contributed by atoms with van der Waals surface area (Å²) in [5.41, 5.74) is 0.264. The number of aliphatic carboxylic acids is 1. The molecule has 0 aliphatic heterocycles. The number of hydrogen-bond acceptors (Lipinski definition) is 4. The Bertz CT molecular complexity index is 813. The van der Waals surface area contributed by atoms with Gasteiger partial charge in [-0.15, -0.1) is 5.10 Å². The van der Waals surface area contributed by atoms with Gasteiger partial charge in [-0.05, 0) is 25.1 Å². The smallest absolute Gasteiger partial charge is 0.326 e. The first-order valence-electron chi connectivity index (χ1n) is 6.90. The molecule has 7 nitrogen and oxygen atoms in total. The second-order valence-electron chi connectivity index (χ2n) is 5.02. The minimum Gasteiger partial charge on any atom is -0.480 e. The number of carbonyl (C=O) groups is 2. The zero-order chi connectivity index (χ0) is 18.7. The van der Waals surface area contributed by atoms with Crippen LogP contribution in [0.4, 0.5) is 13.2 Å². The number of carboxylic acid groups (broad SMARTS) is 1. The maximum atomic E-state index is 13.2. The summed E-state index contributed by atoms with van der Waals surface area (Å²) < 4.78 is 39.2. The minimum atomic E-state index is -2.90. The lowest BCUT2D eigenvalue weighted by Crippen LogP contribution is -2.42. The molecule has 1 amide bonds. The van der Waals surface area contributed by atoms with Gasteiger partial charge in [-0.1, -0.05) is 16.8 Å².